The SMILES string of the molecule is O=C(Cc1ccc(Cl)c(Cl)c1)N1CCN(Cc2ccc(F)cc2)C2COC[C@H](N3CCCC3)C21. The van der Waals surface area contributed by atoms with Crippen molar-refractivity contribution >= 4 is 29.1 Å². The molecule has 2 unspecified atom stereocenters. The Morgan fingerprint density at radius 2 is 1.62 bits per heavy atom. The molecular formula is C26H30Cl2FN3O2. The van der Waals surface area contributed by atoms with Crippen molar-refractivity contribution in [2.75, 3.05) is 39.4 Å². The molecule has 3 heterocycles. The van der Waals surface area contributed by atoms with Crippen molar-refractivity contribution in [3.05, 3.63) is 69.5 Å². The number of nitrogens with zero attached hydrogens (tertiary/aromatic N) is 3. The lowest BCUT2D eigenvalue weighted by atomic mass is 9.90. The van der Waals surface area contributed by atoms with Crippen molar-refractivity contribution in [2.24, 2.45) is 0 Å². The molecule has 1 amide bonds. The van der Waals surface area contributed by atoms with E-state index in [9.17, 15) is 9.18 Å². The molecule has 2 aromatic carbocycles. The summed E-state index contributed by atoms with van der Waals surface area (Å²) in [7, 11) is 0. The third-order valence-electron chi connectivity index (χ3n) is 7.39. The summed E-state index contributed by atoms with van der Waals surface area (Å²) in [5, 5.41) is 0.959. The van der Waals surface area contributed by atoms with Crippen molar-refractivity contribution in [3.63, 3.8) is 0 Å². The van der Waals surface area contributed by atoms with Gasteiger partial charge >= 0.3 is 0 Å². The van der Waals surface area contributed by atoms with E-state index in [1.54, 1.807) is 12.1 Å². The van der Waals surface area contributed by atoms with E-state index in [0.717, 1.165) is 30.8 Å². The molecule has 3 fully saturated rings. The van der Waals surface area contributed by atoms with E-state index < -0.39 is 0 Å². The Balaban J connectivity index is 1.39. The van der Waals surface area contributed by atoms with Gasteiger partial charge in [0, 0.05) is 19.6 Å². The van der Waals surface area contributed by atoms with Gasteiger partial charge in [0.1, 0.15) is 5.82 Å². The minimum absolute atomic E-state index is 0.0521. The monoisotopic (exact) mass is 505 g/mol. The van der Waals surface area contributed by atoms with E-state index in [1.807, 2.05) is 18.2 Å². The quantitative estimate of drug-likeness (QED) is 0.608. The summed E-state index contributed by atoms with van der Waals surface area (Å²) in [4.78, 5) is 20.6. The Hall–Kier alpha value is -1.70. The largest absolute Gasteiger partial charge is 0.378 e. The fourth-order valence-corrected chi connectivity index (χ4v) is 6.00. The third-order valence-corrected chi connectivity index (χ3v) is 8.13. The van der Waals surface area contributed by atoms with Crippen LogP contribution in [-0.2, 0) is 22.5 Å². The van der Waals surface area contributed by atoms with Crippen LogP contribution in [0, 0.1) is 5.82 Å². The van der Waals surface area contributed by atoms with Crippen LogP contribution in [0.25, 0.3) is 0 Å². The van der Waals surface area contributed by atoms with Gasteiger partial charge in [-0.05, 0) is 61.3 Å². The molecule has 2 aromatic rings. The van der Waals surface area contributed by atoms with Gasteiger partial charge < -0.3 is 9.64 Å². The molecule has 0 N–H and O–H groups in total. The van der Waals surface area contributed by atoms with E-state index in [2.05, 4.69) is 14.7 Å². The Bertz CT molecular complexity index is 1020. The molecule has 0 aliphatic carbocycles. The minimum Gasteiger partial charge on any atom is -0.378 e. The number of carbonyl (C=O) groups is 1. The van der Waals surface area contributed by atoms with Gasteiger partial charge in [-0.15, -0.1) is 0 Å². The van der Waals surface area contributed by atoms with Crippen molar-refractivity contribution in [2.45, 2.75) is 43.9 Å². The van der Waals surface area contributed by atoms with Crippen LogP contribution in [0.15, 0.2) is 42.5 Å². The van der Waals surface area contributed by atoms with Gasteiger partial charge in [-0.3, -0.25) is 14.6 Å². The Morgan fingerprint density at radius 1 is 0.912 bits per heavy atom. The number of hydrogen-bond acceptors (Lipinski definition) is 4. The van der Waals surface area contributed by atoms with E-state index in [-0.39, 0.29) is 29.8 Å². The predicted molar refractivity (Wildman–Crippen MR) is 132 cm³/mol. The number of ether oxygens (including phenoxy) is 1. The maximum Gasteiger partial charge on any atom is 0.227 e. The van der Waals surface area contributed by atoms with Crippen molar-refractivity contribution in [3.8, 4) is 0 Å². The zero-order valence-electron chi connectivity index (χ0n) is 19.1. The maximum atomic E-state index is 13.6. The second-order valence-corrected chi connectivity index (χ2v) is 10.3. The van der Waals surface area contributed by atoms with Crippen molar-refractivity contribution < 1.29 is 13.9 Å². The number of amides is 1. The number of benzene rings is 2. The van der Waals surface area contributed by atoms with Gasteiger partial charge in [0.05, 0.1) is 47.8 Å². The summed E-state index contributed by atoms with van der Waals surface area (Å²) in [6.07, 6.45) is 2.67. The Kier molecular flexibility index (Phi) is 7.42. The van der Waals surface area contributed by atoms with Gasteiger partial charge in [-0.2, -0.15) is 0 Å². The number of halogens is 3. The number of piperazine rings is 1. The Morgan fingerprint density at radius 3 is 2.35 bits per heavy atom. The molecule has 0 saturated carbocycles. The van der Waals surface area contributed by atoms with Gasteiger partial charge in [0.2, 0.25) is 5.91 Å². The smallest absolute Gasteiger partial charge is 0.227 e. The molecule has 0 aromatic heterocycles. The van der Waals surface area contributed by atoms with Crippen LogP contribution in [0.3, 0.4) is 0 Å². The molecule has 3 aliphatic rings. The first kappa shape index (κ1) is 24.0. The third kappa shape index (κ3) is 5.12. The molecule has 8 heteroatoms. The molecular weight excluding hydrogens is 476 g/mol. The normalized spacial score (nSPS) is 26.0. The van der Waals surface area contributed by atoms with E-state index in [4.69, 9.17) is 27.9 Å². The van der Waals surface area contributed by atoms with Crippen LogP contribution in [0.2, 0.25) is 10.0 Å². The summed E-state index contributed by atoms with van der Waals surface area (Å²) in [5.74, 6) is -0.115. The fourth-order valence-electron chi connectivity index (χ4n) is 5.68. The summed E-state index contributed by atoms with van der Waals surface area (Å²) in [5.41, 5.74) is 1.94. The highest BCUT2D eigenvalue weighted by Crippen LogP contribution is 2.31. The molecule has 0 radical (unpaired) electrons. The lowest BCUT2D eigenvalue weighted by Crippen LogP contribution is -2.71. The van der Waals surface area contributed by atoms with Crippen molar-refractivity contribution in [1.82, 2.24) is 14.7 Å². The van der Waals surface area contributed by atoms with Gasteiger partial charge in [0.15, 0.2) is 0 Å². The van der Waals surface area contributed by atoms with Gasteiger partial charge in [-0.1, -0.05) is 41.4 Å². The van der Waals surface area contributed by atoms with Gasteiger partial charge in [-0.25, -0.2) is 4.39 Å². The van der Waals surface area contributed by atoms with Crippen LogP contribution in [0.1, 0.15) is 24.0 Å². The topological polar surface area (TPSA) is 36.0 Å². The molecule has 5 rings (SSSR count). The number of fused-ring (bicyclic) bond motifs is 1. The van der Waals surface area contributed by atoms with Crippen LogP contribution in [0.5, 0.6) is 0 Å². The minimum atomic E-state index is -0.227. The highest BCUT2D eigenvalue weighted by molar-refractivity contribution is 6.42. The van der Waals surface area contributed by atoms with E-state index in [1.165, 1.54) is 25.0 Å². The lowest BCUT2D eigenvalue weighted by Gasteiger charge is -2.54. The standard InChI is InChI=1S/C26H30Cl2FN3O2/c27-21-8-5-19(13-22(21)28)14-25(33)32-12-11-31(15-18-3-6-20(29)7-4-18)24-17-34-16-23(26(24)32)30-9-1-2-10-30/h3-8,13,23-24,26H,1-2,9-12,14-17H2/t23-,24?,26?/m0/s1. The van der Waals surface area contributed by atoms with Crippen LogP contribution in [0.4, 0.5) is 4.39 Å². The summed E-state index contributed by atoms with van der Waals surface area (Å²) in [6, 6.07) is 12.4. The zero-order chi connectivity index (χ0) is 23.7. The molecule has 5 nitrogen and oxygen atoms in total. The summed E-state index contributed by atoms with van der Waals surface area (Å²) >= 11 is 12.3. The highest BCUT2D eigenvalue weighted by Gasteiger charge is 2.47. The second-order valence-electron chi connectivity index (χ2n) is 9.52. The summed E-state index contributed by atoms with van der Waals surface area (Å²) < 4.78 is 19.5. The number of hydrogen-bond donors (Lipinski definition) is 0. The predicted octanol–water partition coefficient (Wildman–Crippen LogP) is 4.25. The number of likely N-dealkylation sites (tertiary alicyclic amines) is 1. The fraction of sp³-hybridized carbons (Fsp3) is 0.500. The average molecular weight is 506 g/mol. The van der Waals surface area contributed by atoms with E-state index in [0.29, 0.717) is 42.8 Å². The molecule has 182 valence electrons. The molecule has 34 heavy (non-hydrogen) atoms. The summed E-state index contributed by atoms with van der Waals surface area (Å²) in [6.45, 7) is 5.45. The second kappa shape index (κ2) is 10.5. The zero-order valence-corrected chi connectivity index (χ0v) is 20.6. The first-order valence-electron chi connectivity index (χ1n) is 12.0. The molecule has 0 bridgehead atoms. The van der Waals surface area contributed by atoms with Crippen LogP contribution >= 0.6 is 23.2 Å². The van der Waals surface area contributed by atoms with Gasteiger partial charge in [0.25, 0.3) is 0 Å². The molecule has 3 saturated heterocycles. The highest BCUT2D eigenvalue weighted by atomic mass is 35.5. The maximum absolute atomic E-state index is 13.6. The lowest BCUT2D eigenvalue weighted by molar-refractivity contribution is -0.153. The number of rotatable bonds is 5. The van der Waals surface area contributed by atoms with Crippen LogP contribution in [-0.4, -0.2) is 78.1 Å². The first-order valence-corrected chi connectivity index (χ1v) is 12.8. The molecule has 3 aliphatic heterocycles. The molecule has 3 atom stereocenters. The van der Waals surface area contributed by atoms with Crippen LogP contribution < -0.4 is 0 Å². The number of carbonyl (C=O) groups excluding carboxylic acids is 1. The Labute approximate surface area is 210 Å². The first-order chi connectivity index (χ1) is 16.5. The van der Waals surface area contributed by atoms with Crippen molar-refractivity contribution in [1.29, 1.82) is 0 Å². The van der Waals surface area contributed by atoms with E-state index >= 15 is 0 Å². The average Bonchev–Trinajstić information content (AvgIpc) is 3.37. The molecule has 0 spiro atoms.